The highest BCUT2D eigenvalue weighted by molar-refractivity contribution is 7.99. The minimum atomic E-state index is 0.165. The number of thioether (sulfide) groups is 1. The van der Waals surface area contributed by atoms with Crippen molar-refractivity contribution in [1.82, 2.24) is 20.1 Å². The van der Waals surface area contributed by atoms with Crippen LogP contribution >= 0.6 is 11.8 Å². The van der Waals surface area contributed by atoms with Crippen LogP contribution in [0.15, 0.2) is 0 Å². The van der Waals surface area contributed by atoms with Crippen molar-refractivity contribution in [1.29, 1.82) is 0 Å². The molecule has 1 amide bonds. The Morgan fingerprint density at radius 2 is 2.30 bits per heavy atom. The zero-order chi connectivity index (χ0) is 14.5. The number of hydrogen-bond donors (Lipinski definition) is 1. The number of amides is 1. The van der Waals surface area contributed by atoms with Gasteiger partial charge in [-0.25, -0.2) is 0 Å². The van der Waals surface area contributed by atoms with Crippen LogP contribution in [-0.2, 0) is 17.8 Å². The van der Waals surface area contributed by atoms with Gasteiger partial charge in [-0.2, -0.15) is 11.8 Å². The molecule has 1 atom stereocenters. The van der Waals surface area contributed by atoms with E-state index in [0.29, 0.717) is 12.3 Å². The van der Waals surface area contributed by atoms with E-state index in [1.54, 1.807) is 0 Å². The molecule has 0 aromatic carbocycles. The van der Waals surface area contributed by atoms with Crippen LogP contribution in [0.4, 0.5) is 0 Å². The third kappa shape index (κ3) is 3.75. The van der Waals surface area contributed by atoms with Gasteiger partial charge >= 0.3 is 0 Å². The highest BCUT2D eigenvalue weighted by atomic mass is 32.2. The molecule has 2 heterocycles. The van der Waals surface area contributed by atoms with Crippen molar-refractivity contribution in [2.24, 2.45) is 0 Å². The van der Waals surface area contributed by atoms with Crippen molar-refractivity contribution >= 4 is 17.7 Å². The molecule has 1 N–H and O–H groups in total. The Bertz CT molecular complexity index is 458. The predicted octanol–water partition coefficient (Wildman–Crippen LogP) is 1.98. The van der Waals surface area contributed by atoms with Crippen LogP contribution in [0.25, 0.3) is 0 Å². The fraction of sp³-hybridized carbons (Fsp3) is 0.786. The molecule has 1 aromatic heterocycles. The van der Waals surface area contributed by atoms with Crippen LogP contribution in [0.2, 0.25) is 0 Å². The van der Waals surface area contributed by atoms with Gasteiger partial charge in [0.25, 0.3) is 0 Å². The molecule has 0 saturated carbocycles. The number of fused-ring (bicyclic) bond motifs is 1. The first-order valence-electron chi connectivity index (χ1n) is 7.40. The topological polar surface area (TPSA) is 59.8 Å². The third-order valence-electron chi connectivity index (χ3n) is 3.53. The summed E-state index contributed by atoms with van der Waals surface area (Å²) in [6.07, 6.45) is 2.47. The standard InChI is InChI=1S/C14H24N4OS/c1-4-20-8-7-13(19)15-11-5-6-12-16-17-14(10(2)3)18(12)9-11/h10-11H,4-9H2,1-3H3,(H,15,19)/t11-/m0/s1. The van der Waals surface area contributed by atoms with Crippen molar-refractivity contribution in [3.63, 3.8) is 0 Å². The van der Waals surface area contributed by atoms with Crippen molar-refractivity contribution in [2.75, 3.05) is 11.5 Å². The van der Waals surface area contributed by atoms with Gasteiger partial charge in [-0.15, -0.1) is 10.2 Å². The van der Waals surface area contributed by atoms with Crippen LogP contribution in [0.3, 0.4) is 0 Å². The zero-order valence-corrected chi connectivity index (χ0v) is 13.4. The lowest BCUT2D eigenvalue weighted by Gasteiger charge is -2.26. The van der Waals surface area contributed by atoms with Gasteiger partial charge in [0.2, 0.25) is 5.91 Å². The first kappa shape index (κ1) is 15.4. The summed E-state index contributed by atoms with van der Waals surface area (Å²) in [6.45, 7) is 7.18. The second kappa shape index (κ2) is 7.11. The van der Waals surface area contributed by atoms with Crippen LogP contribution in [-0.4, -0.2) is 38.2 Å². The summed E-state index contributed by atoms with van der Waals surface area (Å²) in [6, 6.07) is 0.218. The monoisotopic (exact) mass is 296 g/mol. The molecule has 0 unspecified atom stereocenters. The third-order valence-corrected chi connectivity index (χ3v) is 4.44. The minimum absolute atomic E-state index is 0.165. The normalized spacial score (nSPS) is 18.1. The molecule has 0 radical (unpaired) electrons. The molecule has 1 aromatic rings. The summed E-state index contributed by atoms with van der Waals surface area (Å²) < 4.78 is 2.18. The maximum absolute atomic E-state index is 11.9. The molecule has 20 heavy (non-hydrogen) atoms. The molecule has 1 aliphatic heterocycles. The summed E-state index contributed by atoms with van der Waals surface area (Å²) in [5.41, 5.74) is 0. The van der Waals surface area contributed by atoms with E-state index in [0.717, 1.165) is 42.5 Å². The first-order chi connectivity index (χ1) is 9.61. The van der Waals surface area contributed by atoms with Crippen LogP contribution in [0.1, 0.15) is 51.2 Å². The Balaban J connectivity index is 1.90. The van der Waals surface area contributed by atoms with E-state index in [9.17, 15) is 4.79 Å². The molecule has 2 rings (SSSR count). The largest absolute Gasteiger partial charge is 0.352 e. The van der Waals surface area contributed by atoms with E-state index in [-0.39, 0.29) is 11.9 Å². The van der Waals surface area contributed by atoms with E-state index in [4.69, 9.17) is 0 Å². The average Bonchev–Trinajstić information content (AvgIpc) is 2.82. The van der Waals surface area contributed by atoms with Crippen LogP contribution < -0.4 is 5.32 Å². The zero-order valence-electron chi connectivity index (χ0n) is 12.6. The number of hydrogen-bond acceptors (Lipinski definition) is 4. The van der Waals surface area contributed by atoms with E-state index in [2.05, 4.69) is 40.9 Å². The molecule has 0 saturated heterocycles. The number of aromatic nitrogens is 3. The fourth-order valence-electron chi connectivity index (χ4n) is 2.50. The van der Waals surface area contributed by atoms with Crippen molar-refractivity contribution in [3.8, 4) is 0 Å². The quantitative estimate of drug-likeness (QED) is 0.815. The van der Waals surface area contributed by atoms with Crippen molar-refractivity contribution in [3.05, 3.63) is 11.6 Å². The summed E-state index contributed by atoms with van der Waals surface area (Å²) >= 11 is 1.81. The number of aryl methyl sites for hydroxylation is 1. The second-order valence-corrected chi connectivity index (χ2v) is 6.88. The number of rotatable bonds is 6. The Labute approximate surface area is 124 Å². The molecule has 0 spiro atoms. The molecule has 6 heteroatoms. The Hall–Kier alpha value is -1.04. The smallest absolute Gasteiger partial charge is 0.221 e. The van der Waals surface area contributed by atoms with Gasteiger partial charge in [0, 0.05) is 37.1 Å². The van der Waals surface area contributed by atoms with Gasteiger partial charge in [-0.05, 0) is 12.2 Å². The second-order valence-electron chi connectivity index (χ2n) is 5.49. The molecular weight excluding hydrogens is 272 g/mol. The average molecular weight is 296 g/mol. The molecule has 5 nitrogen and oxygen atoms in total. The molecule has 0 fully saturated rings. The maximum atomic E-state index is 11.9. The summed E-state index contributed by atoms with van der Waals surface area (Å²) in [7, 11) is 0. The number of carbonyl (C=O) groups excluding carboxylic acids is 1. The summed E-state index contributed by atoms with van der Waals surface area (Å²) in [4.78, 5) is 11.9. The predicted molar refractivity (Wildman–Crippen MR) is 82.0 cm³/mol. The summed E-state index contributed by atoms with van der Waals surface area (Å²) in [5.74, 6) is 4.59. The van der Waals surface area contributed by atoms with Crippen LogP contribution in [0, 0.1) is 0 Å². The van der Waals surface area contributed by atoms with E-state index < -0.39 is 0 Å². The maximum Gasteiger partial charge on any atom is 0.221 e. The highest BCUT2D eigenvalue weighted by Crippen LogP contribution is 2.20. The Morgan fingerprint density at radius 1 is 1.50 bits per heavy atom. The van der Waals surface area contributed by atoms with Gasteiger partial charge in [0.15, 0.2) is 0 Å². The Kier molecular flexibility index (Phi) is 5.46. The number of nitrogens with one attached hydrogen (secondary N) is 1. The number of nitrogens with zero attached hydrogens (tertiary/aromatic N) is 3. The summed E-state index contributed by atoms with van der Waals surface area (Å²) in [5, 5.41) is 11.7. The first-order valence-corrected chi connectivity index (χ1v) is 8.56. The molecule has 1 aliphatic rings. The van der Waals surface area contributed by atoms with E-state index >= 15 is 0 Å². The van der Waals surface area contributed by atoms with E-state index in [1.807, 2.05) is 11.8 Å². The highest BCUT2D eigenvalue weighted by Gasteiger charge is 2.24. The van der Waals surface area contributed by atoms with Gasteiger partial charge in [-0.3, -0.25) is 4.79 Å². The van der Waals surface area contributed by atoms with E-state index in [1.165, 1.54) is 0 Å². The molecule has 112 valence electrons. The van der Waals surface area contributed by atoms with Gasteiger partial charge in [0.1, 0.15) is 11.6 Å². The lowest BCUT2D eigenvalue weighted by molar-refractivity contribution is -0.121. The SMILES string of the molecule is CCSCCC(=O)N[C@H]1CCc2nnc(C(C)C)n2C1. The lowest BCUT2D eigenvalue weighted by atomic mass is 10.1. The van der Waals surface area contributed by atoms with Crippen LogP contribution in [0.5, 0.6) is 0 Å². The van der Waals surface area contributed by atoms with Gasteiger partial charge in [0.05, 0.1) is 0 Å². The minimum Gasteiger partial charge on any atom is -0.352 e. The van der Waals surface area contributed by atoms with Crippen molar-refractivity contribution in [2.45, 2.75) is 58.5 Å². The molecular formula is C14H24N4OS. The lowest BCUT2D eigenvalue weighted by Crippen LogP contribution is -2.41. The van der Waals surface area contributed by atoms with Gasteiger partial charge < -0.3 is 9.88 Å². The van der Waals surface area contributed by atoms with Crippen molar-refractivity contribution < 1.29 is 4.79 Å². The Morgan fingerprint density at radius 3 is 3.00 bits per heavy atom. The molecule has 0 bridgehead atoms. The fourth-order valence-corrected chi connectivity index (χ4v) is 3.12. The molecule has 0 aliphatic carbocycles. The van der Waals surface area contributed by atoms with Gasteiger partial charge in [-0.1, -0.05) is 20.8 Å². The number of carbonyl (C=O) groups is 1.